The summed E-state index contributed by atoms with van der Waals surface area (Å²) in [5, 5.41) is 26.4. The van der Waals surface area contributed by atoms with Crippen LogP contribution in [-0.2, 0) is 0 Å². The van der Waals surface area contributed by atoms with Crippen molar-refractivity contribution in [1.82, 2.24) is 10.2 Å². The van der Waals surface area contributed by atoms with E-state index in [1.54, 1.807) is 24.3 Å². The summed E-state index contributed by atoms with van der Waals surface area (Å²) in [5.41, 5.74) is 0.184. The van der Waals surface area contributed by atoms with Gasteiger partial charge in [-0.25, -0.2) is 5.10 Å². The number of thioether (sulfide) groups is 1. The smallest absolute Gasteiger partial charge is 0.264 e. The standard InChI is InChI=1S/C16H15N3O3S/c1-16(2)15(21)14(23-13-6-5-12(20)18-19-13)10-7-9(8-17)3-4-11(10)22-16/h3-7,14-15,21H,1-2H3,(H,18,20). The van der Waals surface area contributed by atoms with Gasteiger partial charge in [-0.3, -0.25) is 4.79 Å². The number of aliphatic hydroxyl groups excluding tert-OH is 1. The second kappa shape index (κ2) is 5.72. The predicted molar refractivity (Wildman–Crippen MR) is 85.3 cm³/mol. The SMILES string of the molecule is CC1(C)Oc2ccc(C#N)cc2C(Sc2ccc(=O)[nH]n2)C1O. The number of ether oxygens (including phenoxy) is 1. The van der Waals surface area contributed by atoms with E-state index < -0.39 is 11.7 Å². The van der Waals surface area contributed by atoms with Gasteiger partial charge in [0.2, 0.25) is 0 Å². The summed E-state index contributed by atoms with van der Waals surface area (Å²) < 4.78 is 5.87. The lowest BCUT2D eigenvalue weighted by Crippen LogP contribution is -2.48. The minimum atomic E-state index is -0.803. The molecule has 0 fully saturated rings. The lowest BCUT2D eigenvalue weighted by atomic mass is 9.90. The molecule has 6 nitrogen and oxygen atoms in total. The summed E-state index contributed by atoms with van der Waals surface area (Å²) in [6.45, 7) is 3.62. The first-order valence-electron chi connectivity index (χ1n) is 7.04. The summed E-state index contributed by atoms with van der Waals surface area (Å²) in [5.74, 6) is 0.640. The maximum atomic E-state index is 11.1. The third-order valence-corrected chi connectivity index (χ3v) is 4.95. The Labute approximate surface area is 137 Å². The van der Waals surface area contributed by atoms with E-state index in [1.165, 1.54) is 17.8 Å². The molecule has 23 heavy (non-hydrogen) atoms. The van der Waals surface area contributed by atoms with Crippen LogP contribution >= 0.6 is 11.8 Å². The van der Waals surface area contributed by atoms with E-state index in [0.29, 0.717) is 16.3 Å². The van der Waals surface area contributed by atoms with Gasteiger partial charge >= 0.3 is 0 Å². The Morgan fingerprint density at radius 1 is 1.39 bits per heavy atom. The normalized spacial score (nSPS) is 21.8. The molecule has 118 valence electrons. The molecule has 0 amide bonds. The highest BCUT2D eigenvalue weighted by molar-refractivity contribution is 7.99. The zero-order chi connectivity index (χ0) is 16.6. The molecule has 1 aliphatic rings. The third kappa shape index (κ3) is 2.96. The Morgan fingerprint density at radius 3 is 2.83 bits per heavy atom. The van der Waals surface area contributed by atoms with Gasteiger partial charge in [0, 0.05) is 11.6 Å². The first kappa shape index (κ1) is 15.6. The fraction of sp³-hybridized carbons (Fsp3) is 0.312. The molecule has 1 aromatic carbocycles. The molecule has 1 aliphatic heterocycles. The summed E-state index contributed by atoms with van der Waals surface area (Å²) in [4.78, 5) is 11.1. The number of fused-ring (bicyclic) bond motifs is 1. The highest BCUT2D eigenvalue weighted by Gasteiger charge is 2.43. The number of aliphatic hydroxyl groups is 1. The van der Waals surface area contributed by atoms with E-state index in [1.807, 2.05) is 13.8 Å². The first-order chi connectivity index (χ1) is 10.9. The van der Waals surface area contributed by atoms with E-state index in [0.717, 1.165) is 5.56 Å². The van der Waals surface area contributed by atoms with E-state index >= 15 is 0 Å². The van der Waals surface area contributed by atoms with Crippen LogP contribution in [0, 0.1) is 11.3 Å². The van der Waals surface area contributed by atoms with Crippen molar-refractivity contribution in [2.75, 3.05) is 0 Å². The predicted octanol–water partition coefficient (Wildman–Crippen LogP) is 2.01. The van der Waals surface area contributed by atoms with Gasteiger partial charge in [0.05, 0.1) is 16.9 Å². The van der Waals surface area contributed by atoms with Crippen LogP contribution in [0.1, 0.15) is 30.2 Å². The van der Waals surface area contributed by atoms with Crippen molar-refractivity contribution in [3.63, 3.8) is 0 Å². The molecule has 0 saturated heterocycles. The van der Waals surface area contributed by atoms with Crippen LogP contribution in [0.2, 0.25) is 0 Å². The number of benzene rings is 1. The van der Waals surface area contributed by atoms with Crippen LogP contribution in [0.5, 0.6) is 5.75 Å². The van der Waals surface area contributed by atoms with E-state index in [-0.39, 0.29) is 10.8 Å². The zero-order valence-electron chi connectivity index (χ0n) is 12.6. The van der Waals surface area contributed by atoms with Crippen molar-refractivity contribution >= 4 is 11.8 Å². The Kier molecular flexibility index (Phi) is 3.88. The second-order valence-corrected chi connectivity index (χ2v) is 6.97. The first-order valence-corrected chi connectivity index (χ1v) is 7.92. The molecule has 2 atom stereocenters. The number of nitrogens with zero attached hydrogens (tertiary/aromatic N) is 2. The number of nitriles is 1. The maximum Gasteiger partial charge on any atom is 0.264 e. The van der Waals surface area contributed by atoms with Crippen molar-refractivity contribution in [2.24, 2.45) is 0 Å². The van der Waals surface area contributed by atoms with Crippen LogP contribution < -0.4 is 10.3 Å². The number of rotatable bonds is 2. The topological polar surface area (TPSA) is 99.0 Å². The highest BCUT2D eigenvalue weighted by atomic mass is 32.2. The third-order valence-electron chi connectivity index (χ3n) is 3.72. The van der Waals surface area contributed by atoms with Gasteiger partial charge in [-0.05, 0) is 38.1 Å². The van der Waals surface area contributed by atoms with Crippen molar-refractivity contribution in [3.05, 3.63) is 51.8 Å². The van der Waals surface area contributed by atoms with Crippen LogP contribution in [0.4, 0.5) is 0 Å². The molecular formula is C16H15N3O3S. The van der Waals surface area contributed by atoms with Crippen molar-refractivity contribution in [2.45, 2.75) is 35.8 Å². The van der Waals surface area contributed by atoms with E-state index in [9.17, 15) is 9.90 Å². The Bertz CT molecular complexity index is 821. The van der Waals surface area contributed by atoms with Gasteiger partial charge < -0.3 is 9.84 Å². The maximum absolute atomic E-state index is 11.1. The molecule has 2 unspecified atom stereocenters. The molecule has 2 N–H and O–H groups in total. The quantitative estimate of drug-likeness (QED) is 0.874. The molecule has 7 heteroatoms. The van der Waals surface area contributed by atoms with Crippen LogP contribution in [0.3, 0.4) is 0 Å². The van der Waals surface area contributed by atoms with Crippen LogP contribution in [-0.4, -0.2) is 27.0 Å². The molecule has 0 saturated carbocycles. The summed E-state index contributed by atoms with van der Waals surface area (Å²) in [6.07, 6.45) is -0.803. The number of nitrogens with one attached hydrogen (secondary N) is 1. The molecule has 0 aliphatic carbocycles. The molecule has 2 heterocycles. The number of aromatic amines is 1. The summed E-state index contributed by atoms with van der Waals surface area (Å²) >= 11 is 1.32. The lowest BCUT2D eigenvalue weighted by Gasteiger charge is -2.41. The minimum Gasteiger partial charge on any atom is -0.485 e. The fourth-order valence-corrected chi connectivity index (χ4v) is 3.74. The van der Waals surface area contributed by atoms with E-state index in [2.05, 4.69) is 16.3 Å². The zero-order valence-corrected chi connectivity index (χ0v) is 13.4. The van der Waals surface area contributed by atoms with Crippen LogP contribution in [0.25, 0.3) is 0 Å². The van der Waals surface area contributed by atoms with Gasteiger partial charge in [-0.2, -0.15) is 10.4 Å². The second-order valence-electron chi connectivity index (χ2n) is 5.81. The molecule has 0 bridgehead atoms. The summed E-state index contributed by atoms with van der Waals surface area (Å²) in [6, 6.07) is 10.2. The van der Waals surface area contributed by atoms with E-state index in [4.69, 9.17) is 10.00 Å². The van der Waals surface area contributed by atoms with Crippen molar-refractivity contribution < 1.29 is 9.84 Å². The highest BCUT2D eigenvalue weighted by Crippen LogP contribution is 2.48. The number of aromatic nitrogens is 2. The number of hydrogen-bond acceptors (Lipinski definition) is 6. The van der Waals surface area contributed by atoms with Gasteiger partial charge in [0.15, 0.2) is 0 Å². The van der Waals surface area contributed by atoms with Crippen molar-refractivity contribution in [1.29, 1.82) is 5.26 Å². The van der Waals surface area contributed by atoms with Gasteiger partial charge in [0.25, 0.3) is 5.56 Å². The molecule has 3 rings (SSSR count). The molecule has 1 aromatic heterocycles. The molecule has 0 spiro atoms. The van der Waals surface area contributed by atoms with Gasteiger partial charge in [0.1, 0.15) is 22.5 Å². The van der Waals surface area contributed by atoms with Gasteiger partial charge in [-0.1, -0.05) is 11.8 Å². The average Bonchev–Trinajstić information content (AvgIpc) is 2.53. The Hall–Kier alpha value is -2.30. The minimum absolute atomic E-state index is 0.283. The Balaban J connectivity index is 2.04. The molecule has 0 radical (unpaired) electrons. The monoisotopic (exact) mass is 329 g/mol. The lowest BCUT2D eigenvalue weighted by molar-refractivity contribution is -0.0429. The number of hydrogen-bond donors (Lipinski definition) is 2. The Morgan fingerprint density at radius 2 is 2.17 bits per heavy atom. The number of H-pyrrole nitrogens is 1. The van der Waals surface area contributed by atoms with Gasteiger partial charge in [-0.15, -0.1) is 0 Å². The average molecular weight is 329 g/mol. The van der Waals surface area contributed by atoms with Crippen molar-refractivity contribution in [3.8, 4) is 11.8 Å². The van der Waals surface area contributed by atoms with Crippen LogP contribution in [0.15, 0.2) is 40.2 Å². The summed E-state index contributed by atoms with van der Waals surface area (Å²) in [7, 11) is 0. The fourth-order valence-electron chi connectivity index (χ4n) is 2.47. The largest absolute Gasteiger partial charge is 0.485 e. The molecule has 2 aromatic rings. The molecular weight excluding hydrogens is 314 g/mol.